The van der Waals surface area contributed by atoms with Crippen molar-refractivity contribution in [1.29, 1.82) is 0 Å². The summed E-state index contributed by atoms with van der Waals surface area (Å²) in [6, 6.07) is 1.51. The van der Waals surface area contributed by atoms with E-state index in [1.54, 1.807) is 0 Å². The molecule has 1 saturated heterocycles. The summed E-state index contributed by atoms with van der Waals surface area (Å²) in [6.07, 6.45) is 3.79. The molecular weight excluding hydrogens is 183 g/mol. The maximum atomic E-state index is 13.2. The Morgan fingerprint density at radius 1 is 1.64 bits per heavy atom. The van der Waals surface area contributed by atoms with Crippen molar-refractivity contribution >= 4 is 0 Å². The molecule has 2 heterocycles. The molecule has 0 aliphatic carbocycles. The summed E-state index contributed by atoms with van der Waals surface area (Å²) in [5.74, 6) is -0.436. The third kappa shape index (κ3) is 1.76. The molecule has 0 aromatic carbocycles. The molecule has 76 valence electrons. The molecule has 2 N–H and O–H groups in total. The van der Waals surface area contributed by atoms with Crippen LogP contribution in [0.5, 0.6) is 0 Å². The van der Waals surface area contributed by atoms with Gasteiger partial charge in [0.05, 0.1) is 12.3 Å². The topological polar surface area (TPSA) is 45.2 Å². The number of hydrogen-bond acceptors (Lipinski definition) is 3. The highest BCUT2D eigenvalue weighted by Gasteiger charge is 2.25. The summed E-state index contributed by atoms with van der Waals surface area (Å²) < 4.78 is 13.2. The molecule has 0 spiro atoms. The van der Waals surface area contributed by atoms with Crippen LogP contribution in [-0.4, -0.2) is 22.7 Å². The number of rotatable bonds is 2. The second kappa shape index (κ2) is 4.02. The SMILES string of the molecule is OC(c1ccncc1F)C1CCCN1. The van der Waals surface area contributed by atoms with Gasteiger partial charge in [-0.25, -0.2) is 4.39 Å². The zero-order valence-electron chi connectivity index (χ0n) is 7.78. The predicted octanol–water partition coefficient (Wildman–Crippen LogP) is 1.01. The lowest BCUT2D eigenvalue weighted by atomic mass is 10.0. The van der Waals surface area contributed by atoms with Gasteiger partial charge in [0.15, 0.2) is 0 Å². The molecule has 0 radical (unpaired) electrons. The average Bonchev–Trinajstić information content (AvgIpc) is 2.70. The van der Waals surface area contributed by atoms with Gasteiger partial charge in [0.25, 0.3) is 0 Å². The number of nitrogens with zero attached hydrogens (tertiary/aromatic N) is 1. The molecular formula is C10H13FN2O. The van der Waals surface area contributed by atoms with Crippen molar-refractivity contribution in [2.45, 2.75) is 25.0 Å². The molecule has 14 heavy (non-hydrogen) atoms. The number of aliphatic hydroxyl groups is 1. The maximum Gasteiger partial charge on any atom is 0.147 e. The van der Waals surface area contributed by atoms with Crippen LogP contribution in [0.2, 0.25) is 0 Å². The first-order chi connectivity index (χ1) is 6.79. The van der Waals surface area contributed by atoms with Gasteiger partial charge in [-0.05, 0) is 25.5 Å². The van der Waals surface area contributed by atoms with Crippen LogP contribution in [0.4, 0.5) is 4.39 Å². The van der Waals surface area contributed by atoms with Gasteiger partial charge in [0, 0.05) is 17.8 Å². The largest absolute Gasteiger partial charge is 0.387 e. The minimum atomic E-state index is -0.763. The highest BCUT2D eigenvalue weighted by molar-refractivity contribution is 5.17. The summed E-state index contributed by atoms with van der Waals surface area (Å²) in [7, 11) is 0. The Labute approximate surface area is 82.0 Å². The van der Waals surface area contributed by atoms with Crippen LogP contribution >= 0.6 is 0 Å². The third-order valence-corrected chi connectivity index (χ3v) is 2.60. The normalized spacial score (nSPS) is 23.7. The van der Waals surface area contributed by atoms with E-state index in [2.05, 4.69) is 10.3 Å². The quantitative estimate of drug-likeness (QED) is 0.742. The van der Waals surface area contributed by atoms with Gasteiger partial charge in [-0.15, -0.1) is 0 Å². The van der Waals surface area contributed by atoms with Crippen LogP contribution < -0.4 is 5.32 Å². The van der Waals surface area contributed by atoms with Crippen molar-refractivity contribution in [2.24, 2.45) is 0 Å². The maximum absolute atomic E-state index is 13.2. The van der Waals surface area contributed by atoms with E-state index in [9.17, 15) is 9.50 Å². The highest BCUT2D eigenvalue weighted by atomic mass is 19.1. The minimum Gasteiger partial charge on any atom is -0.387 e. The Hall–Kier alpha value is -1.00. The van der Waals surface area contributed by atoms with Gasteiger partial charge < -0.3 is 10.4 Å². The Bertz CT molecular complexity index is 313. The van der Waals surface area contributed by atoms with E-state index in [4.69, 9.17) is 0 Å². The molecule has 0 bridgehead atoms. The van der Waals surface area contributed by atoms with E-state index in [1.165, 1.54) is 12.3 Å². The lowest BCUT2D eigenvalue weighted by Crippen LogP contribution is -2.29. The van der Waals surface area contributed by atoms with E-state index in [0.717, 1.165) is 25.6 Å². The number of nitrogens with one attached hydrogen (secondary N) is 1. The summed E-state index contributed by atoms with van der Waals surface area (Å²) in [5.41, 5.74) is 0.333. The predicted molar refractivity (Wildman–Crippen MR) is 50.2 cm³/mol. The first-order valence-corrected chi connectivity index (χ1v) is 4.80. The van der Waals surface area contributed by atoms with E-state index in [1.807, 2.05) is 0 Å². The fraction of sp³-hybridized carbons (Fsp3) is 0.500. The van der Waals surface area contributed by atoms with E-state index in [0.29, 0.717) is 5.56 Å². The summed E-state index contributed by atoms with van der Waals surface area (Å²) in [4.78, 5) is 3.65. The average molecular weight is 196 g/mol. The van der Waals surface area contributed by atoms with E-state index < -0.39 is 11.9 Å². The Balaban J connectivity index is 2.17. The van der Waals surface area contributed by atoms with E-state index in [-0.39, 0.29) is 6.04 Å². The van der Waals surface area contributed by atoms with Crippen molar-refractivity contribution in [1.82, 2.24) is 10.3 Å². The van der Waals surface area contributed by atoms with Gasteiger partial charge in [0.2, 0.25) is 0 Å². The molecule has 2 atom stereocenters. The molecule has 0 saturated carbocycles. The van der Waals surface area contributed by atoms with Gasteiger partial charge >= 0.3 is 0 Å². The number of aliphatic hydroxyl groups excluding tert-OH is 1. The highest BCUT2D eigenvalue weighted by Crippen LogP contribution is 2.24. The smallest absolute Gasteiger partial charge is 0.147 e. The molecule has 0 amide bonds. The number of hydrogen-bond donors (Lipinski definition) is 2. The van der Waals surface area contributed by atoms with Crippen LogP contribution in [0.3, 0.4) is 0 Å². The Kier molecular flexibility index (Phi) is 2.74. The molecule has 2 rings (SSSR count). The molecule has 1 aliphatic heterocycles. The van der Waals surface area contributed by atoms with Gasteiger partial charge in [-0.1, -0.05) is 0 Å². The van der Waals surface area contributed by atoms with Crippen LogP contribution in [0.25, 0.3) is 0 Å². The number of halogens is 1. The number of aromatic nitrogens is 1. The van der Waals surface area contributed by atoms with Crippen molar-refractivity contribution in [3.8, 4) is 0 Å². The third-order valence-electron chi connectivity index (χ3n) is 2.60. The van der Waals surface area contributed by atoms with Crippen molar-refractivity contribution in [3.63, 3.8) is 0 Å². The molecule has 1 aromatic rings. The minimum absolute atomic E-state index is 0.0214. The Morgan fingerprint density at radius 2 is 2.50 bits per heavy atom. The fourth-order valence-corrected chi connectivity index (χ4v) is 1.82. The van der Waals surface area contributed by atoms with Gasteiger partial charge in [0.1, 0.15) is 5.82 Å². The summed E-state index contributed by atoms with van der Waals surface area (Å²) in [5, 5.41) is 13.0. The monoisotopic (exact) mass is 196 g/mol. The summed E-state index contributed by atoms with van der Waals surface area (Å²) in [6.45, 7) is 0.897. The molecule has 2 unspecified atom stereocenters. The Morgan fingerprint density at radius 3 is 3.14 bits per heavy atom. The van der Waals surface area contributed by atoms with Crippen molar-refractivity contribution in [3.05, 3.63) is 29.8 Å². The first kappa shape index (κ1) is 9.55. The zero-order chi connectivity index (χ0) is 9.97. The lowest BCUT2D eigenvalue weighted by molar-refractivity contribution is 0.133. The standard InChI is InChI=1S/C10H13FN2O/c11-8-6-12-5-3-7(8)10(14)9-2-1-4-13-9/h3,5-6,9-10,13-14H,1-2,4H2. The van der Waals surface area contributed by atoms with Crippen LogP contribution in [0.1, 0.15) is 24.5 Å². The second-order valence-electron chi connectivity index (χ2n) is 3.54. The van der Waals surface area contributed by atoms with Crippen LogP contribution in [0, 0.1) is 5.82 Å². The molecule has 1 aromatic heterocycles. The van der Waals surface area contributed by atoms with Crippen molar-refractivity contribution < 1.29 is 9.50 Å². The van der Waals surface area contributed by atoms with Gasteiger partial charge in [-0.3, -0.25) is 4.98 Å². The zero-order valence-corrected chi connectivity index (χ0v) is 7.78. The summed E-state index contributed by atoms with van der Waals surface area (Å²) >= 11 is 0. The fourth-order valence-electron chi connectivity index (χ4n) is 1.82. The molecule has 1 aliphatic rings. The van der Waals surface area contributed by atoms with E-state index >= 15 is 0 Å². The first-order valence-electron chi connectivity index (χ1n) is 4.80. The molecule has 4 heteroatoms. The van der Waals surface area contributed by atoms with Gasteiger partial charge in [-0.2, -0.15) is 0 Å². The second-order valence-corrected chi connectivity index (χ2v) is 3.54. The molecule has 3 nitrogen and oxygen atoms in total. The lowest BCUT2D eigenvalue weighted by Gasteiger charge is -2.18. The van der Waals surface area contributed by atoms with Crippen LogP contribution in [-0.2, 0) is 0 Å². The molecule has 1 fully saturated rings. The number of pyridine rings is 1. The van der Waals surface area contributed by atoms with Crippen molar-refractivity contribution in [2.75, 3.05) is 6.54 Å². The van der Waals surface area contributed by atoms with Crippen LogP contribution in [0.15, 0.2) is 18.5 Å².